The second-order valence-corrected chi connectivity index (χ2v) is 9.72. The summed E-state index contributed by atoms with van der Waals surface area (Å²) in [4.78, 5) is 40.1. The first-order valence-electron chi connectivity index (χ1n) is 10.1. The van der Waals surface area contributed by atoms with Crippen LogP contribution in [0.4, 0.5) is 5.69 Å². The molecule has 9 nitrogen and oxygen atoms in total. The summed E-state index contributed by atoms with van der Waals surface area (Å²) in [5, 5.41) is 23.1. The Morgan fingerprint density at radius 2 is 2.03 bits per heavy atom. The lowest BCUT2D eigenvalue weighted by Gasteiger charge is -2.49. The molecule has 3 unspecified atom stereocenters. The summed E-state index contributed by atoms with van der Waals surface area (Å²) in [6.07, 6.45) is -0.863. The number of non-ortho nitro benzene ring substituents is 1. The zero-order valence-electron chi connectivity index (χ0n) is 17.7. The Morgan fingerprint density at radius 3 is 2.56 bits per heavy atom. The fraction of sp³-hybridized carbons (Fsp3) is 0.429. The van der Waals surface area contributed by atoms with Crippen molar-refractivity contribution in [2.45, 2.75) is 50.9 Å². The monoisotopic (exact) mass is 477 g/mol. The summed E-state index contributed by atoms with van der Waals surface area (Å²) in [6, 6.07) is 4.91. The molecule has 3 aliphatic rings. The van der Waals surface area contributed by atoms with Crippen LogP contribution in [0.3, 0.4) is 0 Å². The fourth-order valence-corrected chi connectivity index (χ4v) is 5.95. The molecule has 4 rings (SSSR count). The van der Waals surface area contributed by atoms with Crippen LogP contribution in [0.2, 0.25) is 0 Å². The van der Waals surface area contributed by atoms with Crippen LogP contribution in [0.25, 0.3) is 0 Å². The number of carbonyl (C=O) groups is 2. The summed E-state index contributed by atoms with van der Waals surface area (Å²) in [7, 11) is 0. The van der Waals surface area contributed by atoms with Gasteiger partial charge in [-0.05, 0) is 43.9 Å². The van der Waals surface area contributed by atoms with Crippen LogP contribution in [-0.2, 0) is 20.9 Å². The maximum absolute atomic E-state index is 13.0. The Kier molecular flexibility index (Phi) is 5.99. The molecular formula is C21H23N3O6S2. The van der Waals surface area contributed by atoms with Crippen molar-refractivity contribution in [1.82, 2.24) is 9.80 Å². The average molecular weight is 478 g/mol. The summed E-state index contributed by atoms with van der Waals surface area (Å²) < 4.78 is 5.43. The van der Waals surface area contributed by atoms with Crippen LogP contribution in [0.1, 0.15) is 26.3 Å². The molecule has 170 valence electrons. The minimum absolute atomic E-state index is 0.0572. The largest absolute Gasteiger partial charge is 0.456 e. The van der Waals surface area contributed by atoms with Crippen LogP contribution in [-0.4, -0.2) is 55.3 Å². The summed E-state index contributed by atoms with van der Waals surface area (Å²) in [5.41, 5.74) is 1.61. The molecule has 1 aromatic carbocycles. The highest BCUT2D eigenvalue weighted by molar-refractivity contribution is 8.02. The Morgan fingerprint density at radius 1 is 1.38 bits per heavy atom. The minimum atomic E-state index is -0.863. The number of thiol groups is 1. The third-order valence-electron chi connectivity index (χ3n) is 6.04. The number of fused-ring (bicyclic) bond motifs is 1. The smallest absolute Gasteiger partial charge is 0.356 e. The van der Waals surface area contributed by atoms with Crippen molar-refractivity contribution in [2.24, 2.45) is 5.92 Å². The van der Waals surface area contributed by atoms with Gasteiger partial charge in [0.15, 0.2) is 0 Å². The number of amides is 1. The van der Waals surface area contributed by atoms with E-state index in [2.05, 4.69) is 17.5 Å². The predicted octanol–water partition coefficient (Wildman–Crippen LogP) is 2.63. The summed E-state index contributed by atoms with van der Waals surface area (Å²) >= 11 is 6.29. The van der Waals surface area contributed by atoms with Gasteiger partial charge in [-0.1, -0.05) is 0 Å². The van der Waals surface area contributed by atoms with Crippen molar-refractivity contribution in [3.63, 3.8) is 0 Å². The van der Waals surface area contributed by atoms with Crippen molar-refractivity contribution in [3.8, 4) is 0 Å². The molecule has 1 N–H and O–H groups in total. The number of nitro groups is 1. The molecule has 0 spiro atoms. The van der Waals surface area contributed by atoms with Crippen molar-refractivity contribution in [1.29, 1.82) is 0 Å². The quantitative estimate of drug-likeness (QED) is 0.211. The van der Waals surface area contributed by atoms with Crippen LogP contribution < -0.4 is 0 Å². The van der Waals surface area contributed by atoms with E-state index in [1.807, 2.05) is 19.3 Å². The second-order valence-electron chi connectivity index (χ2n) is 8.05. The van der Waals surface area contributed by atoms with Gasteiger partial charge in [0.1, 0.15) is 12.3 Å². The van der Waals surface area contributed by atoms with Crippen LogP contribution in [0.15, 0.2) is 46.0 Å². The van der Waals surface area contributed by atoms with E-state index in [9.17, 15) is 24.8 Å². The summed E-state index contributed by atoms with van der Waals surface area (Å²) in [6.45, 7) is 5.47. The van der Waals surface area contributed by atoms with Crippen LogP contribution in [0.5, 0.6) is 0 Å². The molecule has 1 aromatic rings. The van der Waals surface area contributed by atoms with Gasteiger partial charge in [0.25, 0.3) is 5.69 Å². The predicted molar refractivity (Wildman–Crippen MR) is 121 cm³/mol. The van der Waals surface area contributed by atoms with Gasteiger partial charge < -0.3 is 14.7 Å². The van der Waals surface area contributed by atoms with Gasteiger partial charge in [0.05, 0.1) is 34.4 Å². The maximum Gasteiger partial charge on any atom is 0.356 e. The lowest BCUT2D eigenvalue weighted by atomic mass is 9.80. The van der Waals surface area contributed by atoms with Crippen LogP contribution in [0, 0.1) is 16.0 Å². The number of thioether (sulfide) groups is 1. The second kappa shape index (κ2) is 8.45. The van der Waals surface area contributed by atoms with E-state index in [1.54, 1.807) is 18.7 Å². The number of benzene rings is 1. The van der Waals surface area contributed by atoms with Gasteiger partial charge in [0, 0.05) is 22.7 Å². The number of allylic oxidation sites excluding steroid dienone is 1. The van der Waals surface area contributed by atoms with E-state index in [0.29, 0.717) is 10.5 Å². The maximum atomic E-state index is 13.0. The molecule has 1 amide bonds. The molecular weight excluding hydrogens is 454 g/mol. The van der Waals surface area contributed by atoms with Gasteiger partial charge in [-0.3, -0.25) is 19.8 Å². The topological polar surface area (TPSA) is 113 Å². The molecule has 1 saturated heterocycles. The van der Waals surface area contributed by atoms with Gasteiger partial charge in [-0.15, -0.1) is 24.4 Å². The highest BCUT2D eigenvalue weighted by atomic mass is 32.2. The Hall–Kier alpha value is -2.50. The van der Waals surface area contributed by atoms with E-state index >= 15 is 0 Å². The summed E-state index contributed by atoms with van der Waals surface area (Å²) in [5.74, 6) is -1.66. The van der Waals surface area contributed by atoms with E-state index in [-0.39, 0.29) is 35.3 Å². The zero-order valence-corrected chi connectivity index (χ0v) is 19.4. The standard InChI is InChI=1S/C21H23N3O6S2/c1-10-9-32-12(3)22(10)17-16-15(11(2)25)20(26)23(16)18(19(17)31)21(27)30-8-13-4-6-14(7-5-13)24(28)29/h4-7,9,11-12,15-17,25,31H,8H2,1-3H3/t11-,12?,15+,16?,17?/m1/s1. The molecule has 32 heavy (non-hydrogen) atoms. The number of aliphatic hydroxyl groups is 1. The molecule has 0 radical (unpaired) electrons. The molecule has 3 aliphatic heterocycles. The molecule has 1 fully saturated rings. The number of β-lactam (4-membered cyclic amide) rings is 1. The first-order chi connectivity index (χ1) is 15.1. The highest BCUT2D eigenvalue weighted by Gasteiger charge is 2.63. The number of esters is 1. The van der Waals surface area contributed by atoms with E-state index in [1.165, 1.54) is 29.2 Å². The zero-order chi connectivity index (χ0) is 23.3. The molecule has 0 aliphatic carbocycles. The van der Waals surface area contributed by atoms with E-state index < -0.39 is 29.0 Å². The average Bonchev–Trinajstić information content (AvgIpc) is 3.19. The third kappa shape index (κ3) is 3.57. The first-order valence-corrected chi connectivity index (χ1v) is 11.5. The van der Waals surface area contributed by atoms with Crippen molar-refractivity contribution in [2.75, 3.05) is 0 Å². The van der Waals surface area contributed by atoms with Crippen molar-refractivity contribution < 1.29 is 24.4 Å². The number of rotatable bonds is 6. The molecule has 11 heteroatoms. The van der Waals surface area contributed by atoms with E-state index in [4.69, 9.17) is 4.74 Å². The number of hydrogen-bond acceptors (Lipinski definition) is 9. The number of nitro benzene ring substituents is 1. The van der Waals surface area contributed by atoms with Gasteiger partial charge in [-0.25, -0.2) is 4.79 Å². The van der Waals surface area contributed by atoms with Gasteiger partial charge in [-0.2, -0.15) is 0 Å². The van der Waals surface area contributed by atoms with Crippen molar-refractivity contribution >= 4 is 42.0 Å². The number of ether oxygens (including phenoxy) is 1. The Labute approximate surface area is 194 Å². The van der Waals surface area contributed by atoms with Gasteiger partial charge >= 0.3 is 5.97 Å². The number of nitrogens with zero attached hydrogens (tertiary/aromatic N) is 3. The number of hydrogen-bond donors (Lipinski definition) is 2. The minimum Gasteiger partial charge on any atom is -0.456 e. The molecule has 0 saturated carbocycles. The highest BCUT2D eigenvalue weighted by Crippen LogP contribution is 2.50. The molecule has 3 heterocycles. The lowest BCUT2D eigenvalue weighted by Crippen LogP contribution is -2.67. The normalized spacial score (nSPS) is 27.8. The van der Waals surface area contributed by atoms with Crippen LogP contribution >= 0.6 is 24.4 Å². The first kappa shape index (κ1) is 22.7. The Balaban J connectivity index is 1.58. The SMILES string of the molecule is CC1=CSC(C)N1C1C(S)=C(C(=O)OCc2ccc([N+](=O)[O-])cc2)N2C(=O)[C@@H]([C@@H](C)O)C12. The van der Waals surface area contributed by atoms with Gasteiger partial charge in [0.2, 0.25) is 5.91 Å². The lowest BCUT2D eigenvalue weighted by molar-refractivity contribution is -0.384. The number of aliphatic hydroxyl groups excluding tert-OH is 1. The molecule has 5 atom stereocenters. The molecule has 0 aromatic heterocycles. The Bertz CT molecular complexity index is 1040. The van der Waals surface area contributed by atoms with E-state index in [0.717, 1.165) is 5.70 Å². The number of carbonyl (C=O) groups excluding carboxylic acids is 2. The third-order valence-corrected chi connectivity index (χ3v) is 7.61. The fourth-order valence-electron chi connectivity index (χ4n) is 4.53. The van der Waals surface area contributed by atoms with Crippen molar-refractivity contribution in [3.05, 3.63) is 61.7 Å². The molecule has 0 bridgehead atoms.